The Morgan fingerprint density at radius 1 is 1.64 bits per heavy atom. The number of Topliss-reactive ketones (excluding diaryl/α,β-unsaturated/α-hetero) is 1. The van der Waals surface area contributed by atoms with Crippen LogP contribution in [0.3, 0.4) is 0 Å². The number of aliphatic imine (C=N–C) groups is 1. The van der Waals surface area contributed by atoms with Gasteiger partial charge >= 0.3 is 0 Å². The monoisotopic (exact) mass is 199 g/mol. The number of carbonyl (C=O) groups excluding carboxylic acids is 1. The minimum atomic E-state index is -2.00. The predicted molar refractivity (Wildman–Crippen MR) is 53.1 cm³/mol. The van der Waals surface area contributed by atoms with Crippen molar-refractivity contribution >= 4 is 12.0 Å². The molecule has 0 amide bonds. The van der Waals surface area contributed by atoms with E-state index in [1.165, 1.54) is 13.1 Å². The molecule has 1 aliphatic rings. The molecule has 3 unspecified atom stereocenters. The summed E-state index contributed by atoms with van der Waals surface area (Å²) in [5.74, 6) is -3.07. The first-order valence-electron chi connectivity index (χ1n) is 4.89. The van der Waals surface area contributed by atoms with E-state index >= 15 is 0 Å². The van der Waals surface area contributed by atoms with Crippen LogP contribution in [-0.4, -0.2) is 34.0 Å². The van der Waals surface area contributed by atoms with Crippen LogP contribution >= 0.6 is 0 Å². The van der Waals surface area contributed by atoms with Crippen molar-refractivity contribution < 1.29 is 15.0 Å². The molecule has 0 saturated heterocycles. The third-order valence-corrected chi connectivity index (χ3v) is 2.91. The lowest BCUT2D eigenvalue weighted by Gasteiger charge is -2.30. The highest BCUT2D eigenvalue weighted by atomic mass is 16.5. The molecule has 0 aliphatic carbocycles. The Bertz CT molecular complexity index is 260. The summed E-state index contributed by atoms with van der Waals surface area (Å²) in [5, 5.41) is 19.6. The molecule has 80 valence electrons. The Morgan fingerprint density at radius 3 is 2.57 bits per heavy atom. The molecule has 0 radical (unpaired) electrons. The second-order valence-corrected chi connectivity index (χ2v) is 4.00. The van der Waals surface area contributed by atoms with E-state index in [0.29, 0.717) is 0 Å². The van der Waals surface area contributed by atoms with Gasteiger partial charge in [-0.05, 0) is 12.8 Å². The van der Waals surface area contributed by atoms with Crippen molar-refractivity contribution in [1.29, 1.82) is 0 Å². The maximum atomic E-state index is 11.1. The lowest BCUT2D eigenvalue weighted by molar-refractivity contribution is -0.197. The molecule has 0 bridgehead atoms. The molecule has 0 saturated carbocycles. The number of carbonyl (C=O) groups is 1. The molecule has 1 heterocycles. The van der Waals surface area contributed by atoms with Gasteiger partial charge in [0.25, 0.3) is 0 Å². The Kier molecular flexibility index (Phi) is 3.07. The fourth-order valence-corrected chi connectivity index (χ4v) is 1.78. The zero-order chi connectivity index (χ0) is 10.9. The number of rotatable bonds is 3. The van der Waals surface area contributed by atoms with Crippen molar-refractivity contribution in [2.45, 2.75) is 39.0 Å². The number of hydrogen-bond acceptors (Lipinski definition) is 4. The Morgan fingerprint density at radius 2 is 2.21 bits per heavy atom. The van der Waals surface area contributed by atoms with Crippen molar-refractivity contribution in [3.63, 3.8) is 0 Å². The number of nitrogens with zero attached hydrogens (tertiary/aromatic N) is 1. The number of hydrogen-bond donors (Lipinski definition) is 2. The van der Waals surface area contributed by atoms with Gasteiger partial charge in [-0.1, -0.05) is 20.3 Å². The highest BCUT2D eigenvalue weighted by molar-refractivity contribution is 5.95. The minimum absolute atomic E-state index is 0.0607. The maximum Gasteiger partial charge on any atom is 0.201 e. The standard InChI is InChI=1S/C10H17NO3/c1-4-6(2)9-10(13,14)8(5-11-9)7(3)12/h5-6,8-9,13-14H,4H2,1-3H3. The smallest absolute Gasteiger partial charge is 0.201 e. The predicted octanol–water partition coefficient (Wildman–Crippen LogP) is 0.372. The third-order valence-electron chi connectivity index (χ3n) is 2.91. The van der Waals surface area contributed by atoms with Crippen molar-refractivity contribution in [1.82, 2.24) is 0 Å². The van der Waals surface area contributed by atoms with E-state index in [1.807, 2.05) is 13.8 Å². The fourth-order valence-electron chi connectivity index (χ4n) is 1.78. The van der Waals surface area contributed by atoms with Crippen LogP contribution in [0.1, 0.15) is 27.2 Å². The first kappa shape index (κ1) is 11.3. The van der Waals surface area contributed by atoms with Crippen LogP contribution < -0.4 is 0 Å². The summed E-state index contributed by atoms with van der Waals surface area (Å²) >= 11 is 0. The lowest BCUT2D eigenvalue weighted by atomic mass is 9.86. The summed E-state index contributed by atoms with van der Waals surface area (Å²) in [6.07, 6.45) is 2.16. The van der Waals surface area contributed by atoms with E-state index in [9.17, 15) is 15.0 Å². The highest BCUT2D eigenvalue weighted by Gasteiger charge is 2.49. The average molecular weight is 199 g/mol. The van der Waals surface area contributed by atoms with E-state index < -0.39 is 17.7 Å². The van der Waals surface area contributed by atoms with Crippen LogP contribution in [0.5, 0.6) is 0 Å². The van der Waals surface area contributed by atoms with Crippen LogP contribution in [0.15, 0.2) is 4.99 Å². The van der Waals surface area contributed by atoms with Gasteiger partial charge in [0.05, 0.1) is 0 Å². The molecule has 14 heavy (non-hydrogen) atoms. The van der Waals surface area contributed by atoms with Crippen molar-refractivity contribution in [3.8, 4) is 0 Å². The van der Waals surface area contributed by atoms with E-state index in [1.54, 1.807) is 0 Å². The molecular formula is C10H17NO3. The maximum absolute atomic E-state index is 11.1. The summed E-state index contributed by atoms with van der Waals surface area (Å²) in [4.78, 5) is 15.1. The first-order chi connectivity index (χ1) is 6.41. The van der Waals surface area contributed by atoms with Gasteiger partial charge in [0.1, 0.15) is 17.7 Å². The third kappa shape index (κ3) is 1.72. The number of aliphatic hydroxyl groups is 2. The summed E-state index contributed by atoms with van der Waals surface area (Å²) in [6.45, 7) is 5.19. The van der Waals surface area contributed by atoms with Crippen LogP contribution in [0.25, 0.3) is 0 Å². The van der Waals surface area contributed by atoms with Gasteiger partial charge in [-0.25, -0.2) is 0 Å². The number of ketones is 1. The molecule has 1 aliphatic heterocycles. The second-order valence-electron chi connectivity index (χ2n) is 4.00. The Labute approximate surface area is 83.7 Å². The topological polar surface area (TPSA) is 69.9 Å². The highest BCUT2D eigenvalue weighted by Crippen LogP contribution is 2.32. The van der Waals surface area contributed by atoms with Gasteiger partial charge in [0.15, 0.2) is 0 Å². The quantitative estimate of drug-likeness (QED) is 0.645. The van der Waals surface area contributed by atoms with Crippen molar-refractivity contribution in [3.05, 3.63) is 0 Å². The zero-order valence-electron chi connectivity index (χ0n) is 8.77. The molecule has 1 rings (SSSR count). The van der Waals surface area contributed by atoms with Gasteiger partial charge in [-0.15, -0.1) is 0 Å². The van der Waals surface area contributed by atoms with E-state index in [2.05, 4.69) is 4.99 Å². The summed E-state index contributed by atoms with van der Waals surface area (Å²) in [7, 11) is 0. The van der Waals surface area contributed by atoms with Gasteiger partial charge in [-0.2, -0.15) is 0 Å². The fraction of sp³-hybridized carbons (Fsp3) is 0.800. The van der Waals surface area contributed by atoms with Gasteiger partial charge < -0.3 is 10.2 Å². The normalized spacial score (nSPS) is 31.8. The molecule has 0 aromatic rings. The summed E-state index contributed by atoms with van der Waals surface area (Å²) in [5.41, 5.74) is 0. The molecular weight excluding hydrogens is 182 g/mol. The van der Waals surface area contributed by atoms with E-state index in [4.69, 9.17) is 0 Å². The molecule has 0 aromatic carbocycles. The average Bonchev–Trinajstić information content (AvgIpc) is 2.39. The van der Waals surface area contributed by atoms with E-state index in [0.717, 1.165) is 6.42 Å². The Hall–Kier alpha value is -0.740. The van der Waals surface area contributed by atoms with Crippen molar-refractivity contribution in [2.75, 3.05) is 0 Å². The van der Waals surface area contributed by atoms with E-state index in [-0.39, 0.29) is 11.7 Å². The molecule has 0 spiro atoms. The van der Waals surface area contributed by atoms with Crippen LogP contribution in [0.4, 0.5) is 0 Å². The Balaban J connectivity index is 2.86. The first-order valence-corrected chi connectivity index (χ1v) is 4.89. The second kappa shape index (κ2) is 3.79. The largest absolute Gasteiger partial charge is 0.363 e. The van der Waals surface area contributed by atoms with Gasteiger partial charge in [0, 0.05) is 6.21 Å². The molecule has 2 N–H and O–H groups in total. The summed E-state index contributed by atoms with van der Waals surface area (Å²) in [6, 6.07) is -0.582. The zero-order valence-corrected chi connectivity index (χ0v) is 8.77. The van der Waals surface area contributed by atoms with Crippen LogP contribution in [0, 0.1) is 11.8 Å². The molecule has 3 atom stereocenters. The van der Waals surface area contributed by atoms with Crippen LogP contribution in [0.2, 0.25) is 0 Å². The minimum Gasteiger partial charge on any atom is -0.363 e. The van der Waals surface area contributed by atoms with Gasteiger partial charge in [-0.3, -0.25) is 9.79 Å². The van der Waals surface area contributed by atoms with Crippen molar-refractivity contribution in [2.24, 2.45) is 16.8 Å². The molecule has 4 nitrogen and oxygen atoms in total. The molecule has 0 fully saturated rings. The SMILES string of the molecule is CCC(C)C1N=CC(C(C)=O)C1(O)O. The van der Waals surface area contributed by atoms with Gasteiger partial charge in [0.2, 0.25) is 5.79 Å². The van der Waals surface area contributed by atoms with Crippen LogP contribution in [-0.2, 0) is 4.79 Å². The lowest BCUT2D eigenvalue weighted by Crippen LogP contribution is -2.49. The molecule has 0 aromatic heterocycles. The summed E-state index contributed by atoms with van der Waals surface area (Å²) < 4.78 is 0. The molecule has 4 heteroatoms.